The van der Waals surface area contributed by atoms with E-state index < -0.39 is 0 Å². The zero-order chi connectivity index (χ0) is 13.5. The number of aryl methyl sites for hydroxylation is 1. The molecular weight excluding hydrogens is 228 g/mol. The van der Waals surface area contributed by atoms with Crippen molar-refractivity contribution in [2.45, 2.75) is 26.8 Å². The van der Waals surface area contributed by atoms with E-state index in [1.165, 1.54) is 5.56 Å². The molecule has 1 amide bonds. The van der Waals surface area contributed by atoms with Crippen molar-refractivity contribution < 1.29 is 9.53 Å². The average molecular weight is 250 g/mol. The lowest BCUT2D eigenvalue weighted by Crippen LogP contribution is -2.41. The molecule has 1 aromatic carbocycles. The van der Waals surface area contributed by atoms with Crippen LogP contribution in [0.15, 0.2) is 24.3 Å². The fourth-order valence-corrected chi connectivity index (χ4v) is 1.39. The molecule has 0 heterocycles. The van der Waals surface area contributed by atoms with Gasteiger partial charge in [0.05, 0.1) is 6.04 Å². The van der Waals surface area contributed by atoms with E-state index in [1.807, 2.05) is 45.0 Å². The first-order chi connectivity index (χ1) is 8.52. The monoisotopic (exact) mass is 250 g/mol. The zero-order valence-electron chi connectivity index (χ0n) is 11.3. The van der Waals surface area contributed by atoms with Crippen LogP contribution in [0.4, 0.5) is 0 Å². The molecule has 4 heteroatoms. The molecule has 100 valence electrons. The summed E-state index contributed by atoms with van der Waals surface area (Å²) in [6.45, 7) is 6.56. The molecule has 0 saturated carbocycles. The Morgan fingerprint density at radius 1 is 1.33 bits per heavy atom. The van der Waals surface area contributed by atoms with Crippen molar-refractivity contribution in [1.82, 2.24) is 5.32 Å². The first-order valence-electron chi connectivity index (χ1n) is 6.23. The molecule has 0 radical (unpaired) electrons. The highest BCUT2D eigenvalue weighted by atomic mass is 16.5. The van der Waals surface area contributed by atoms with E-state index in [4.69, 9.17) is 10.5 Å². The number of nitrogens with one attached hydrogen (secondary N) is 1. The number of benzene rings is 1. The van der Waals surface area contributed by atoms with Crippen LogP contribution in [0, 0.1) is 12.8 Å². The quantitative estimate of drug-likeness (QED) is 0.803. The van der Waals surface area contributed by atoms with E-state index in [1.54, 1.807) is 0 Å². The Hall–Kier alpha value is -1.55. The van der Waals surface area contributed by atoms with Gasteiger partial charge < -0.3 is 15.8 Å². The van der Waals surface area contributed by atoms with E-state index in [9.17, 15) is 4.79 Å². The maximum atomic E-state index is 11.6. The molecule has 0 aliphatic heterocycles. The van der Waals surface area contributed by atoms with Crippen molar-refractivity contribution in [3.05, 3.63) is 29.8 Å². The number of carbonyl (C=O) groups is 1. The summed E-state index contributed by atoms with van der Waals surface area (Å²) in [4.78, 5) is 11.6. The van der Waals surface area contributed by atoms with E-state index >= 15 is 0 Å². The molecule has 2 unspecified atom stereocenters. The first-order valence-corrected chi connectivity index (χ1v) is 6.23. The predicted molar refractivity (Wildman–Crippen MR) is 72.5 cm³/mol. The average Bonchev–Trinajstić information content (AvgIpc) is 2.37. The maximum Gasteiger partial charge on any atom is 0.224 e. The van der Waals surface area contributed by atoms with Crippen molar-refractivity contribution in [1.29, 1.82) is 0 Å². The minimum Gasteiger partial charge on any atom is -0.491 e. The van der Waals surface area contributed by atoms with Gasteiger partial charge in [0, 0.05) is 12.5 Å². The number of nitrogens with two attached hydrogens (primary N) is 1. The number of amides is 1. The van der Waals surface area contributed by atoms with Crippen LogP contribution in [0.1, 0.15) is 19.4 Å². The Balaban J connectivity index is 2.35. The van der Waals surface area contributed by atoms with Gasteiger partial charge in [0.15, 0.2) is 0 Å². The third kappa shape index (κ3) is 4.75. The van der Waals surface area contributed by atoms with E-state index in [0.29, 0.717) is 13.2 Å². The molecule has 0 aromatic heterocycles. The Bertz CT molecular complexity index is 376. The number of hydrogen-bond acceptors (Lipinski definition) is 3. The van der Waals surface area contributed by atoms with Gasteiger partial charge in [0.25, 0.3) is 0 Å². The molecule has 0 spiro atoms. The van der Waals surface area contributed by atoms with Gasteiger partial charge in [-0.3, -0.25) is 4.79 Å². The molecule has 4 nitrogen and oxygen atoms in total. The molecule has 2 atom stereocenters. The maximum absolute atomic E-state index is 11.6. The summed E-state index contributed by atoms with van der Waals surface area (Å²) >= 11 is 0. The summed E-state index contributed by atoms with van der Waals surface area (Å²) in [6, 6.07) is 7.80. The van der Waals surface area contributed by atoms with Crippen LogP contribution >= 0.6 is 0 Å². The minimum absolute atomic E-state index is 0.0301. The fraction of sp³-hybridized carbons (Fsp3) is 0.500. The number of carbonyl (C=O) groups excluding carboxylic acids is 1. The van der Waals surface area contributed by atoms with Crippen molar-refractivity contribution in [2.75, 3.05) is 13.2 Å². The molecule has 0 aliphatic rings. The van der Waals surface area contributed by atoms with Crippen LogP contribution in [0.2, 0.25) is 0 Å². The largest absolute Gasteiger partial charge is 0.491 e. The number of ether oxygens (including phenoxy) is 1. The lowest BCUT2D eigenvalue weighted by atomic mass is 10.1. The number of rotatable bonds is 6. The summed E-state index contributed by atoms with van der Waals surface area (Å²) in [6.07, 6.45) is 0. The van der Waals surface area contributed by atoms with Gasteiger partial charge in [-0.2, -0.15) is 0 Å². The van der Waals surface area contributed by atoms with Crippen LogP contribution in [0.25, 0.3) is 0 Å². The minimum atomic E-state index is -0.160. The Kier molecular flexibility index (Phi) is 5.65. The number of hydrogen-bond donors (Lipinski definition) is 2. The molecular formula is C14H22N2O2. The zero-order valence-corrected chi connectivity index (χ0v) is 11.3. The van der Waals surface area contributed by atoms with Gasteiger partial charge in [0.1, 0.15) is 12.4 Å². The van der Waals surface area contributed by atoms with E-state index in [2.05, 4.69) is 5.32 Å². The summed E-state index contributed by atoms with van der Waals surface area (Å²) < 4.78 is 5.59. The molecule has 0 fully saturated rings. The second-order valence-electron chi connectivity index (χ2n) is 4.67. The third-order valence-electron chi connectivity index (χ3n) is 2.71. The highest BCUT2D eigenvalue weighted by Gasteiger charge is 2.13. The highest BCUT2D eigenvalue weighted by molar-refractivity contribution is 5.78. The fourth-order valence-electron chi connectivity index (χ4n) is 1.39. The molecule has 18 heavy (non-hydrogen) atoms. The second-order valence-corrected chi connectivity index (χ2v) is 4.67. The van der Waals surface area contributed by atoms with Gasteiger partial charge >= 0.3 is 0 Å². The van der Waals surface area contributed by atoms with Gasteiger partial charge in [-0.05, 0) is 26.0 Å². The molecule has 1 aromatic rings. The lowest BCUT2D eigenvalue weighted by Gasteiger charge is -2.17. The Morgan fingerprint density at radius 3 is 2.50 bits per heavy atom. The van der Waals surface area contributed by atoms with Crippen molar-refractivity contribution >= 4 is 5.91 Å². The van der Waals surface area contributed by atoms with Gasteiger partial charge in [-0.1, -0.05) is 24.6 Å². The molecule has 0 aliphatic carbocycles. The summed E-state index contributed by atoms with van der Waals surface area (Å²) in [5.41, 5.74) is 6.63. The van der Waals surface area contributed by atoms with Crippen LogP contribution in [-0.2, 0) is 4.79 Å². The van der Waals surface area contributed by atoms with E-state index in [0.717, 1.165) is 5.75 Å². The van der Waals surface area contributed by atoms with Crippen molar-refractivity contribution in [2.24, 2.45) is 11.7 Å². The molecule has 3 N–H and O–H groups in total. The SMILES string of the molecule is Cc1ccc(OCC(C)NC(=O)C(C)CN)cc1. The van der Waals surface area contributed by atoms with Gasteiger partial charge in [0.2, 0.25) is 5.91 Å². The standard InChI is InChI=1S/C14H22N2O2/c1-10-4-6-13(7-5-10)18-9-12(3)16-14(17)11(2)8-15/h4-7,11-12H,8-9,15H2,1-3H3,(H,16,17). The second kappa shape index (κ2) is 7.01. The normalized spacial score (nSPS) is 13.8. The van der Waals surface area contributed by atoms with Crippen LogP contribution < -0.4 is 15.8 Å². The van der Waals surface area contributed by atoms with Crippen LogP contribution in [0.3, 0.4) is 0 Å². The highest BCUT2D eigenvalue weighted by Crippen LogP contribution is 2.11. The summed E-state index contributed by atoms with van der Waals surface area (Å²) in [5, 5.41) is 2.87. The van der Waals surface area contributed by atoms with Gasteiger partial charge in [-0.15, -0.1) is 0 Å². The molecule has 0 bridgehead atoms. The van der Waals surface area contributed by atoms with Gasteiger partial charge in [-0.25, -0.2) is 0 Å². The topological polar surface area (TPSA) is 64.3 Å². The molecule has 1 rings (SSSR count). The predicted octanol–water partition coefficient (Wildman–Crippen LogP) is 1.47. The smallest absolute Gasteiger partial charge is 0.224 e. The summed E-state index contributed by atoms with van der Waals surface area (Å²) in [7, 11) is 0. The third-order valence-corrected chi connectivity index (χ3v) is 2.71. The molecule has 0 saturated heterocycles. The van der Waals surface area contributed by atoms with Crippen LogP contribution in [-0.4, -0.2) is 25.1 Å². The summed E-state index contributed by atoms with van der Waals surface area (Å²) in [5.74, 6) is 0.623. The Morgan fingerprint density at radius 2 is 1.94 bits per heavy atom. The van der Waals surface area contributed by atoms with Crippen molar-refractivity contribution in [3.8, 4) is 5.75 Å². The van der Waals surface area contributed by atoms with Crippen molar-refractivity contribution in [3.63, 3.8) is 0 Å². The van der Waals surface area contributed by atoms with E-state index in [-0.39, 0.29) is 17.9 Å². The first kappa shape index (κ1) is 14.5. The van der Waals surface area contributed by atoms with Crippen LogP contribution in [0.5, 0.6) is 5.75 Å². The Labute approximate surface area is 109 Å². The lowest BCUT2D eigenvalue weighted by molar-refractivity contribution is -0.125.